The first-order valence-corrected chi connectivity index (χ1v) is 10.9. The van der Waals surface area contributed by atoms with E-state index in [1.807, 2.05) is 4.90 Å². The Bertz CT molecular complexity index is 1160. The number of halogens is 4. The lowest BCUT2D eigenvalue weighted by Gasteiger charge is -2.32. The van der Waals surface area contributed by atoms with Crippen LogP contribution in [0.2, 0.25) is 0 Å². The molecule has 0 aliphatic carbocycles. The molecule has 2 heterocycles. The van der Waals surface area contributed by atoms with Gasteiger partial charge in [-0.2, -0.15) is 18.2 Å². The second-order valence-electron chi connectivity index (χ2n) is 7.19. The minimum absolute atomic E-state index is 0.103. The van der Waals surface area contributed by atoms with Gasteiger partial charge in [0, 0.05) is 24.3 Å². The predicted molar refractivity (Wildman–Crippen MR) is 104 cm³/mol. The molecule has 31 heavy (non-hydrogen) atoms. The van der Waals surface area contributed by atoms with E-state index in [-0.39, 0.29) is 11.7 Å². The van der Waals surface area contributed by atoms with Gasteiger partial charge in [0.15, 0.2) is 0 Å². The maximum atomic E-state index is 13.1. The van der Waals surface area contributed by atoms with E-state index < -0.39 is 20.2 Å². The van der Waals surface area contributed by atoms with Crippen LogP contribution in [-0.2, 0) is 9.84 Å². The molecule has 0 amide bonds. The van der Waals surface area contributed by atoms with Gasteiger partial charge < -0.3 is 9.42 Å². The summed E-state index contributed by atoms with van der Waals surface area (Å²) in [5.74, 6) is 0.285. The summed E-state index contributed by atoms with van der Waals surface area (Å²) >= 11 is 0. The summed E-state index contributed by atoms with van der Waals surface area (Å²) in [6.45, 7) is 1.14. The largest absolute Gasteiger partial charge is 0.501 e. The highest BCUT2D eigenvalue weighted by atomic mass is 32.2. The molecule has 2 aromatic carbocycles. The van der Waals surface area contributed by atoms with Crippen LogP contribution in [0, 0.1) is 5.82 Å². The molecule has 11 heteroatoms. The van der Waals surface area contributed by atoms with E-state index in [4.69, 9.17) is 4.52 Å². The predicted octanol–water partition coefficient (Wildman–Crippen LogP) is 4.55. The topological polar surface area (TPSA) is 76.3 Å². The Morgan fingerprint density at radius 2 is 1.71 bits per heavy atom. The first-order valence-electron chi connectivity index (χ1n) is 9.41. The average molecular weight is 455 g/mol. The van der Waals surface area contributed by atoms with Gasteiger partial charge >= 0.3 is 5.51 Å². The molecule has 0 unspecified atom stereocenters. The molecule has 0 saturated carbocycles. The quantitative estimate of drug-likeness (QED) is 0.537. The summed E-state index contributed by atoms with van der Waals surface area (Å²) in [6, 6.07) is 10.3. The van der Waals surface area contributed by atoms with Crippen molar-refractivity contribution in [3.05, 3.63) is 60.2 Å². The minimum Gasteiger partial charge on any atom is -0.371 e. The SMILES string of the molecule is O=S(=O)(c1ccc(N2CCC[C@@H](c3nc(-c4ccc(F)cc4)no3)C2)cc1)C(F)(F)F. The van der Waals surface area contributed by atoms with Gasteiger partial charge in [-0.3, -0.25) is 0 Å². The Hall–Kier alpha value is -2.95. The van der Waals surface area contributed by atoms with Crippen molar-refractivity contribution in [2.45, 2.75) is 29.2 Å². The fourth-order valence-corrected chi connectivity index (χ4v) is 4.26. The smallest absolute Gasteiger partial charge is 0.371 e. The number of alkyl halides is 3. The molecule has 0 radical (unpaired) electrons. The molecule has 3 aromatic rings. The Morgan fingerprint density at radius 3 is 2.35 bits per heavy atom. The van der Waals surface area contributed by atoms with Gasteiger partial charge in [-0.1, -0.05) is 5.16 Å². The maximum Gasteiger partial charge on any atom is 0.501 e. The summed E-state index contributed by atoms with van der Waals surface area (Å²) in [6.07, 6.45) is 1.56. The number of benzene rings is 2. The number of piperidine rings is 1. The van der Waals surface area contributed by atoms with Gasteiger partial charge in [-0.25, -0.2) is 12.8 Å². The summed E-state index contributed by atoms with van der Waals surface area (Å²) in [5, 5.41) is 3.95. The Morgan fingerprint density at radius 1 is 1.03 bits per heavy atom. The fourth-order valence-electron chi connectivity index (χ4n) is 3.50. The van der Waals surface area contributed by atoms with Crippen molar-refractivity contribution in [3.8, 4) is 11.4 Å². The number of hydrogen-bond donors (Lipinski definition) is 0. The zero-order valence-corrected chi connectivity index (χ0v) is 16.8. The first-order chi connectivity index (χ1) is 14.6. The molecule has 1 aliphatic heterocycles. The summed E-state index contributed by atoms with van der Waals surface area (Å²) < 4.78 is 79.7. The highest BCUT2D eigenvalue weighted by Gasteiger charge is 2.46. The molecule has 0 N–H and O–H groups in total. The molecular formula is C20H17F4N3O3S. The standard InChI is InChI=1S/C20H17F4N3O3S/c21-15-5-3-13(4-6-15)18-25-19(30-26-18)14-2-1-11-27(12-14)16-7-9-17(10-8-16)31(28,29)20(22,23)24/h3-10,14H,1-2,11-12H2/t14-/m1/s1. The third-order valence-electron chi connectivity index (χ3n) is 5.13. The average Bonchev–Trinajstić information content (AvgIpc) is 3.24. The zero-order valence-electron chi connectivity index (χ0n) is 16.0. The van der Waals surface area contributed by atoms with E-state index in [9.17, 15) is 26.0 Å². The number of sulfone groups is 1. The third kappa shape index (κ3) is 4.27. The lowest BCUT2D eigenvalue weighted by atomic mass is 9.97. The molecule has 6 nitrogen and oxygen atoms in total. The lowest BCUT2D eigenvalue weighted by Crippen LogP contribution is -2.34. The Labute approximate surface area is 175 Å². The van der Waals surface area contributed by atoms with E-state index >= 15 is 0 Å². The van der Waals surface area contributed by atoms with Gasteiger partial charge in [0.25, 0.3) is 9.84 Å². The van der Waals surface area contributed by atoms with Crippen LogP contribution in [0.5, 0.6) is 0 Å². The molecule has 0 bridgehead atoms. The van der Waals surface area contributed by atoms with E-state index in [0.717, 1.165) is 25.0 Å². The highest BCUT2D eigenvalue weighted by Crippen LogP contribution is 2.33. The van der Waals surface area contributed by atoms with Crippen LogP contribution in [0.4, 0.5) is 23.2 Å². The van der Waals surface area contributed by atoms with Crippen LogP contribution < -0.4 is 4.90 Å². The van der Waals surface area contributed by atoms with Gasteiger partial charge in [0.2, 0.25) is 11.7 Å². The fraction of sp³-hybridized carbons (Fsp3) is 0.300. The van der Waals surface area contributed by atoms with Crippen molar-refractivity contribution in [1.29, 1.82) is 0 Å². The molecule has 1 aromatic heterocycles. The number of hydrogen-bond acceptors (Lipinski definition) is 6. The molecule has 1 atom stereocenters. The molecule has 1 fully saturated rings. The van der Waals surface area contributed by atoms with Crippen LogP contribution in [0.25, 0.3) is 11.4 Å². The lowest BCUT2D eigenvalue weighted by molar-refractivity contribution is -0.0436. The Kier molecular flexibility index (Phi) is 5.46. The summed E-state index contributed by atoms with van der Waals surface area (Å²) in [7, 11) is -5.38. The van der Waals surface area contributed by atoms with Crippen LogP contribution in [0.3, 0.4) is 0 Å². The van der Waals surface area contributed by atoms with Crippen molar-refractivity contribution in [2.75, 3.05) is 18.0 Å². The van der Waals surface area contributed by atoms with Crippen molar-refractivity contribution in [3.63, 3.8) is 0 Å². The summed E-state index contributed by atoms with van der Waals surface area (Å²) in [5.41, 5.74) is -4.13. The van der Waals surface area contributed by atoms with Gasteiger partial charge in [-0.05, 0) is 61.4 Å². The Balaban J connectivity index is 1.50. The molecule has 0 spiro atoms. The molecule has 164 valence electrons. The number of nitrogens with zero attached hydrogens (tertiary/aromatic N) is 3. The highest BCUT2D eigenvalue weighted by molar-refractivity contribution is 7.92. The maximum absolute atomic E-state index is 13.1. The second kappa shape index (κ2) is 7.95. The van der Waals surface area contributed by atoms with Gasteiger partial charge in [-0.15, -0.1) is 0 Å². The van der Waals surface area contributed by atoms with Gasteiger partial charge in [0.1, 0.15) is 5.82 Å². The monoisotopic (exact) mass is 455 g/mol. The van der Waals surface area contributed by atoms with Crippen molar-refractivity contribution < 1.29 is 30.5 Å². The first kappa shape index (κ1) is 21.3. The van der Waals surface area contributed by atoms with Crippen molar-refractivity contribution in [2.24, 2.45) is 0 Å². The normalized spacial score (nSPS) is 17.7. The molecular weight excluding hydrogens is 438 g/mol. The minimum atomic E-state index is -5.38. The van der Waals surface area contributed by atoms with Crippen molar-refractivity contribution in [1.82, 2.24) is 10.1 Å². The van der Waals surface area contributed by atoms with Crippen LogP contribution >= 0.6 is 0 Å². The number of rotatable bonds is 4. The zero-order chi connectivity index (χ0) is 22.2. The third-order valence-corrected chi connectivity index (χ3v) is 6.63. The van der Waals surface area contributed by atoms with E-state index in [0.29, 0.717) is 36.1 Å². The van der Waals surface area contributed by atoms with E-state index in [2.05, 4.69) is 10.1 Å². The van der Waals surface area contributed by atoms with E-state index in [1.54, 1.807) is 12.1 Å². The molecule has 1 aliphatic rings. The van der Waals surface area contributed by atoms with Crippen LogP contribution in [0.1, 0.15) is 24.7 Å². The second-order valence-corrected chi connectivity index (χ2v) is 9.13. The van der Waals surface area contributed by atoms with Crippen molar-refractivity contribution >= 4 is 15.5 Å². The van der Waals surface area contributed by atoms with Gasteiger partial charge in [0.05, 0.1) is 10.8 Å². The number of anilines is 1. The van der Waals surface area contributed by atoms with Crippen LogP contribution in [-0.4, -0.2) is 37.2 Å². The number of aromatic nitrogens is 2. The molecule has 4 rings (SSSR count). The van der Waals surface area contributed by atoms with E-state index in [1.165, 1.54) is 24.3 Å². The van der Waals surface area contributed by atoms with Crippen LogP contribution in [0.15, 0.2) is 57.9 Å². The molecule has 1 saturated heterocycles. The summed E-state index contributed by atoms with van der Waals surface area (Å²) in [4.78, 5) is 5.54.